The Kier molecular flexibility index (Phi) is 4.92. The second kappa shape index (κ2) is 5.03. The van der Waals surface area contributed by atoms with Gasteiger partial charge in [0.05, 0.1) is 0 Å². The first-order valence-corrected chi connectivity index (χ1v) is 5.77. The maximum atomic E-state index is 12.5. The molecule has 0 aliphatic heterocycles. The topological polar surface area (TPSA) is 0 Å². The van der Waals surface area contributed by atoms with E-state index in [4.69, 9.17) is 0 Å². The maximum absolute atomic E-state index is 12.5. The molecule has 128 valence electrons. The molecule has 0 aliphatic rings. The second-order valence-electron chi connectivity index (χ2n) is 3.28. The van der Waals surface area contributed by atoms with Gasteiger partial charge < -0.3 is 0 Å². The Morgan fingerprint density at radius 2 is 0.571 bits per heavy atom. The third kappa shape index (κ3) is 3.48. The van der Waals surface area contributed by atoms with Gasteiger partial charge in [0.25, 0.3) is 0 Å². The van der Waals surface area contributed by atoms with Gasteiger partial charge in [-0.15, -0.1) is 0 Å². The first-order valence-electron chi connectivity index (χ1n) is 4.05. The molecule has 0 radical (unpaired) electrons. The van der Waals surface area contributed by atoms with Crippen molar-refractivity contribution < 1.29 is 61.5 Å². The Balaban J connectivity index is 5.65. The Morgan fingerprint density at radius 1 is 0.381 bits per heavy atom. The number of hydrogen-bond donors (Lipinski definition) is 0. The first kappa shape index (κ1) is 20.5. The molecule has 0 spiro atoms. The molecule has 0 saturated heterocycles. The van der Waals surface area contributed by atoms with Gasteiger partial charge >= 0.3 is 110 Å². The molecule has 0 nitrogen and oxygen atoms in total. The zero-order valence-electron chi connectivity index (χ0n) is 8.70. The monoisotopic (exact) mass is 418 g/mol. The first-order chi connectivity index (χ1) is 8.71. The third-order valence-electron chi connectivity index (χ3n) is 1.70. The van der Waals surface area contributed by atoms with E-state index in [-0.39, 0.29) is 0 Å². The van der Waals surface area contributed by atoms with Gasteiger partial charge in [-0.2, -0.15) is 0 Å². The van der Waals surface area contributed by atoms with Crippen molar-refractivity contribution >= 4 is 15.0 Å². The van der Waals surface area contributed by atoms with Crippen molar-refractivity contribution in [1.29, 1.82) is 0 Å². The van der Waals surface area contributed by atoms with Crippen molar-refractivity contribution in [3.05, 3.63) is 0 Å². The molecule has 0 amide bonds. The fourth-order valence-corrected chi connectivity index (χ4v) is 2.32. The van der Waals surface area contributed by atoms with Crippen LogP contribution in [0.5, 0.6) is 0 Å². The summed E-state index contributed by atoms with van der Waals surface area (Å²) >= 11 is -5.06. The van der Waals surface area contributed by atoms with Crippen molar-refractivity contribution in [2.45, 2.75) is 33.8 Å². The molecule has 0 aromatic carbocycles. The molecule has 0 aromatic heterocycles. The average Bonchev–Trinajstić information content (AvgIpc) is 2.11. The quantitative estimate of drug-likeness (QED) is 0.474. The van der Waals surface area contributed by atoms with Gasteiger partial charge in [0.15, 0.2) is 0 Å². The van der Waals surface area contributed by atoms with Gasteiger partial charge in [0.1, 0.15) is 0 Å². The Morgan fingerprint density at radius 3 is 0.714 bits per heavy atom. The molecule has 0 aliphatic carbocycles. The van der Waals surface area contributed by atoms with E-state index in [2.05, 4.69) is 0 Å². The van der Waals surface area contributed by atoms with E-state index >= 15 is 0 Å². The summed E-state index contributed by atoms with van der Waals surface area (Å²) in [6, 6.07) is 0. The van der Waals surface area contributed by atoms with E-state index in [0.717, 1.165) is 0 Å². The minimum atomic E-state index is -7.20. The summed E-state index contributed by atoms with van der Waals surface area (Å²) in [7, 11) is 0. The van der Waals surface area contributed by atoms with Crippen molar-refractivity contribution in [2.75, 3.05) is 0 Å². The van der Waals surface area contributed by atoms with E-state index in [0.29, 0.717) is 0 Å². The molecule has 0 rings (SSSR count). The standard InChI is InChI=1S/C6F14Se/c7-1(8,3(11,12)13)5(17,18)21-6(19,20)2(9,10)4(14,15)16. The van der Waals surface area contributed by atoms with Crippen LogP contribution in [0.15, 0.2) is 0 Å². The van der Waals surface area contributed by atoms with E-state index in [1.54, 1.807) is 0 Å². The normalized spacial score (nSPS) is 16.3. The van der Waals surface area contributed by atoms with Crippen molar-refractivity contribution in [3.63, 3.8) is 0 Å². The average molecular weight is 417 g/mol. The summed E-state index contributed by atoms with van der Waals surface area (Å²) in [4.78, 5) is -13.7. The summed E-state index contributed by atoms with van der Waals surface area (Å²) in [5, 5.41) is 0. The number of rotatable bonds is 4. The van der Waals surface area contributed by atoms with Crippen LogP contribution in [0.4, 0.5) is 61.5 Å². The van der Waals surface area contributed by atoms with E-state index < -0.39 is 48.8 Å². The molecule has 0 aromatic rings. The van der Waals surface area contributed by atoms with Crippen LogP contribution in [-0.4, -0.2) is 48.8 Å². The Bertz CT molecular complexity index is 338. The van der Waals surface area contributed by atoms with Crippen molar-refractivity contribution in [3.8, 4) is 0 Å². The summed E-state index contributed by atoms with van der Waals surface area (Å²) in [6.07, 6.45) is -14.2. The van der Waals surface area contributed by atoms with Crippen molar-refractivity contribution in [1.82, 2.24) is 0 Å². The van der Waals surface area contributed by atoms with Crippen LogP contribution < -0.4 is 0 Å². The molecule has 21 heavy (non-hydrogen) atoms. The molecule has 15 heteroatoms. The summed E-state index contributed by atoms with van der Waals surface area (Å²) in [5.74, 6) is -14.4. The molecule has 0 unspecified atom stereocenters. The summed E-state index contributed by atoms with van der Waals surface area (Å²) in [5.41, 5.74) is 0. The molecular weight excluding hydrogens is 417 g/mol. The predicted molar refractivity (Wildman–Crippen MR) is 37.7 cm³/mol. The second-order valence-corrected chi connectivity index (χ2v) is 5.86. The van der Waals surface area contributed by atoms with Crippen LogP contribution >= 0.6 is 0 Å². The van der Waals surface area contributed by atoms with Gasteiger partial charge in [-0.3, -0.25) is 0 Å². The zero-order valence-corrected chi connectivity index (χ0v) is 10.4. The summed E-state index contributed by atoms with van der Waals surface area (Å²) < 4.78 is 168. The zero-order chi connectivity index (χ0) is 17.7. The summed E-state index contributed by atoms with van der Waals surface area (Å²) in [6.45, 7) is 0. The van der Waals surface area contributed by atoms with Crippen LogP contribution in [0.2, 0.25) is 0 Å². The van der Waals surface area contributed by atoms with Crippen LogP contribution in [0.3, 0.4) is 0 Å². The molecule has 0 fully saturated rings. The van der Waals surface area contributed by atoms with E-state index in [1.807, 2.05) is 0 Å². The molecule has 0 saturated carbocycles. The molecule has 0 atom stereocenters. The number of hydrogen-bond acceptors (Lipinski definition) is 0. The fraction of sp³-hybridized carbons (Fsp3) is 1.00. The number of alkyl halides is 14. The van der Waals surface area contributed by atoms with Crippen LogP contribution in [-0.2, 0) is 0 Å². The Labute approximate surface area is 111 Å². The third-order valence-corrected chi connectivity index (χ3v) is 3.85. The fourth-order valence-electron chi connectivity index (χ4n) is 0.619. The molecule has 0 heterocycles. The van der Waals surface area contributed by atoms with E-state index in [1.165, 1.54) is 0 Å². The predicted octanol–water partition coefficient (Wildman–Crippen LogP) is 4.27. The minimum absolute atomic E-state index is 5.06. The van der Waals surface area contributed by atoms with Gasteiger partial charge in [0.2, 0.25) is 0 Å². The van der Waals surface area contributed by atoms with Gasteiger partial charge in [-0.05, 0) is 0 Å². The van der Waals surface area contributed by atoms with Gasteiger partial charge in [-0.1, -0.05) is 0 Å². The molecule has 0 N–H and O–H groups in total. The SMILES string of the molecule is FC(F)(F)C(F)(F)C(F)(F)[Se]C(F)(F)C(F)(F)C(F)(F)F. The number of halogens is 14. The van der Waals surface area contributed by atoms with E-state index in [9.17, 15) is 61.5 Å². The Hall–Kier alpha value is -0.461. The van der Waals surface area contributed by atoms with Crippen LogP contribution in [0, 0.1) is 0 Å². The van der Waals surface area contributed by atoms with Crippen molar-refractivity contribution in [2.24, 2.45) is 0 Å². The van der Waals surface area contributed by atoms with Crippen LogP contribution in [0.1, 0.15) is 0 Å². The van der Waals surface area contributed by atoms with Gasteiger partial charge in [0, 0.05) is 0 Å². The van der Waals surface area contributed by atoms with Crippen LogP contribution in [0.25, 0.3) is 0 Å². The molecule has 0 bridgehead atoms. The molecular formula is C6F14Se. The van der Waals surface area contributed by atoms with Gasteiger partial charge in [-0.25, -0.2) is 0 Å².